The molecule has 0 N–H and O–H groups in total. The summed E-state index contributed by atoms with van der Waals surface area (Å²) in [4.78, 5) is 2.35. The molecular formula is C92H59N3S. The molecule has 0 spiro atoms. The largest absolute Gasteiger partial charge is 0.311 e. The second-order valence-electron chi connectivity index (χ2n) is 25.2. The van der Waals surface area contributed by atoms with Crippen molar-refractivity contribution in [3.05, 3.63) is 358 Å². The minimum absolute atomic E-state index is 1.10. The summed E-state index contributed by atoms with van der Waals surface area (Å²) < 4.78 is 7.40. The minimum Gasteiger partial charge on any atom is -0.311 e. The molecule has 0 amide bonds. The van der Waals surface area contributed by atoms with E-state index in [0.29, 0.717) is 0 Å². The lowest BCUT2D eigenvalue weighted by Crippen LogP contribution is -2.09. The molecule has 19 aromatic rings. The van der Waals surface area contributed by atoms with Crippen molar-refractivity contribution >= 4 is 114 Å². The van der Waals surface area contributed by atoms with Crippen LogP contribution in [0.5, 0.6) is 0 Å². The smallest absolute Gasteiger partial charge is 0.0541 e. The summed E-state index contributed by atoms with van der Waals surface area (Å²) in [6.07, 6.45) is 0. The molecule has 0 atom stereocenters. The highest BCUT2D eigenvalue weighted by atomic mass is 32.1. The van der Waals surface area contributed by atoms with Crippen LogP contribution in [0.1, 0.15) is 0 Å². The van der Waals surface area contributed by atoms with E-state index in [0.717, 1.165) is 22.7 Å². The van der Waals surface area contributed by atoms with E-state index in [2.05, 4.69) is 372 Å². The van der Waals surface area contributed by atoms with Gasteiger partial charge >= 0.3 is 0 Å². The molecule has 0 saturated heterocycles. The van der Waals surface area contributed by atoms with Crippen LogP contribution in [0.4, 0.5) is 17.1 Å². The van der Waals surface area contributed by atoms with Gasteiger partial charge in [-0.1, -0.05) is 237 Å². The Bertz CT molecular complexity index is 6120. The van der Waals surface area contributed by atoms with E-state index in [-0.39, 0.29) is 0 Å². The molecule has 96 heavy (non-hydrogen) atoms. The van der Waals surface area contributed by atoms with E-state index in [1.807, 2.05) is 11.3 Å². The van der Waals surface area contributed by atoms with Gasteiger partial charge in [0.15, 0.2) is 0 Å². The van der Waals surface area contributed by atoms with E-state index in [1.165, 1.54) is 158 Å². The highest BCUT2D eigenvalue weighted by molar-refractivity contribution is 7.26. The van der Waals surface area contributed by atoms with Gasteiger partial charge in [-0.3, -0.25) is 0 Å². The molecular weight excluding hydrogens is 1180 g/mol. The highest BCUT2D eigenvalue weighted by Gasteiger charge is 2.20. The lowest BCUT2D eigenvalue weighted by Gasteiger charge is -2.26. The fourth-order valence-corrected chi connectivity index (χ4v) is 16.2. The first-order valence-electron chi connectivity index (χ1n) is 32.9. The maximum Gasteiger partial charge on any atom is 0.0541 e. The molecule has 3 nitrogen and oxygen atoms in total. The maximum atomic E-state index is 2.42. The Balaban J connectivity index is 0.607. The number of nitrogens with zero attached hydrogens (tertiary/aromatic N) is 3. The molecule has 3 heterocycles. The molecule has 16 aromatic carbocycles. The zero-order chi connectivity index (χ0) is 63.2. The lowest BCUT2D eigenvalue weighted by atomic mass is 9.94. The van der Waals surface area contributed by atoms with E-state index in [4.69, 9.17) is 0 Å². The molecule has 0 radical (unpaired) electrons. The highest BCUT2D eigenvalue weighted by Crippen LogP contribution is 2.45. The van der Waals surface area contributed by atoms with Crippen molar-refractivity contribution in [3.8, 4) is 78.1 Å². The van der Waals surface area contributed by atoms with Crippen LogP contribution < -0.4 is 4.90 Å². The number of hydrogen-bond acceptors (Lipinski definition) is 2. The predicted molar refractivity (Wildman–Crippen MR) is 410 cm³/mol. The Morgan fingerprint density at radius 1 is 0.208 bits per heavy atom. The number of fused-ring (bicyclic) bond motifs is 12. The van der Waals surface area contributed by atoms with Crippen LogP contribution in [-0.4, -0.2) is 9.13 Å². The first-order chi connectivity index (χ1) is 47.6. The number of hydrogen-bond donors (Lipinski definition) is 0. The molecule has 0 aliphatic rings. The van der Waals surface area contributed by atoms with Crippen LogP contribution in [0.2, 0.25) is 0 Å². The average Bonchev–Trinajstić information content (AvgIpc) is 1.61. The average molecular weight is 1240 g/mol. The van der Waals surface area contributed by atoms with Crippen LogP contribution in [0, 0.1) is 0 Å². The van der Waals surface area contributed by atoms with Gasteiger partial charge in [0, 0.05) is 70.2 Å². The molecule has 448 valence electrons. The molecule has 0 bridgehead atoms. The summed E-state index contributed by atoms with van der Waals surface area (Å²) in [6, 6.07) is 132. The Hall–Kier alpha value is -12.3. The van der Waals surface area contributed by atoms with Crippen molar-refractivity contribution in [1.29, 1.82) is 0 Å². The quantitative estimate of drug-likeness (QED) is 0.118. The number of thiophene rings is 1. The summed E-state index contributed by atoms with van der Waals surface area (Å²) >= 11 is 1.89. The number of anilines is 3. The standard InChI is InChI=1S/C92H59N3S/c1-4-15-60(16-5-1)62-31-43-74(44-32-62)93(75-45-33-63(34-46-75)61-17-6-2-7-18-61)76-47-35-64(36-48-76)67-29-27-66-28-30-71-55-72(39-51-78(71)83(66)56-67)79-23-14-24-82-86-59-68(42-54-91(86)96-92(79)82)65-37-49-77(50-38-65)95-88-26-13-11-22-81(88)85-58-70(41-53-90(85)95)69-40-52-89-84(57-69)80-21-10-12-25-87(80)94(89)73-19-8-3-9-20-73/h1-59H. The summed E-state index contributed by atoms with van der Waals surface area (Å²) in [5.74, 6) is 0. The fraction of sp³-hybridized carbons (Fsp3) is 0. The summed E-state index contributed by atoms with van der Waals surface area (Å²) in [6.45, 7) is 0. The van der Waals surface area contributed by atoms with Crippen molar-refractivity contribution < 1.29 is 0 Å². The van der Waals surface area contributed by atoms with Gasteiger partial charge < -0.3 is 14.0 Å². The van der Waals surface area contributed by atoms with E-state index in [1.54, 1.807) is 0 Å². The third-order valence-corrected chi connectivity index (χ3v) is 20.9. The van der Waals surface area contributed by atoms with E-state index in [9.17, 15) is 0 Å². The molecule has 19 rings (SSSR count). The molecule has 0 unspecified atom stereocenters. The van der Waals surface area contributed by atoms with Gasteiger partial charge in [-0.05, 0) is 210 Å². The van der Waals surface area contributed by atoms with Crippen LogP contribution >= 0.6 is 11.3 Å². The second-order valence-corrected chi connectivity index (χ2v) is 26.2. The number of rotatable bonds is 11. The maximum absolute atomic E-state index is 2.42. The van der Waals surface area contributed by atoms with Gasteiger partial charge in [-0.25, -0.2) is 0 Å². The van der Waals surface area contributed by atoms with E-state index < -0.39 is 0 Å². The van der Waals surface area contributed by atoms with Gasteiger partial charge in [-0.15, -0.1) is 11.3 Å². The molecule has 0 saturated carbocycles. The van der Waals surface area contributed by atoms with Gasteiger partial charge in [0.25, 0.3) is 0 Å². The van der Waals surface area contributed by atoms with Gasteiger partial charge in [-0.2, -0.15) is 0 Å². The molecule has 3 aromatic heterocycles. The first-order valence-corrected chi connectivity index (χ1v) is 33.8. The van der Waals surface area contributed by atoms with Gasteiger partial charge in [0.1, 0.15) is 0 Å². The predicted octanol–water partition coefficient (Wildman–Crippen LogP) is 26.0. The normalized spacial score (nSPS) is 11.8. The third kappa shape index (κ3) is 9.41. The minimum atomic E-state index is 1.10. The Morgan fingerprint density at radius 2 is 0.594 bits per heavy atom. The van der Waals surface area contributed by atoms with Crippen LogP contribution in [0.3, 0.4) is 0 Å². The van der Waals surface area contributed by atoms with Gasteiger partial charge in [0.2, 0.25) is 0 Å². The lowest BCUT2D eigenvalue weighted by molar-refractivity contribution is 1.18. The molecule has 0 aliphatic carbocycles. The van der Waals surface area contributed by atoms with Crippen molar-refractivity contribution in [2.24, 2.45) is 0 Å². The van der Waals surface area contributed by atoms with Crippen molar-refractivity contribution in [2.75, 3.05) is 4.90 Å². The Kier molecular flexibility index (Phi) is 13.1. The van der Waals surface area contributed by atoms with Crippen LogP contribution in [0.15, 0.2) is 358 Å². The number of aromatic nitrogens is 2. The number of benzene rings is 16. The third-order valence-electron chi connectivity index (χ3n) is 19.7. The van der Waals surface area contributed by atoms with Crippen LogP contribution in [0.25, 0.3) is 163 Å². The molecule has 4 heteroatoms. The van der Waals surface area contributed by atoms with Gasteiger partial charge in [0.05, 0.1) is 22.1 Å². The fourth-order valence-electron chi connectivity index (χ4n) is 15.0. The van der Waals surface area contributed by atoms with Crippen LogP contribution in [-0.2, 0) is 0 Å². The Morgan fingerprint density at radius 3 is 1.17 bits per heavy atom. The van der Waals surface area contributed by atoms with Crippen molar-refractivity contribution in [2.45, 2.75) is 0 Å². The molecule has 0 fully saturated rings. The first kappa shape index (κ1) is 55.3. The summed E-state index contributed by atoms with van der Waals surface area (Å²) in [7, 11) is 0. The van der Waals surface area contributed by atoms with Crippen molar-refractivity contribution in [3.63, 3.8) is 0 Å². The zero-order valence-corrected chi connectivity index (χ0v) is 53.1. The van der Waals surface area contributed by atoms with E-state index >= 15 is 0 Å². The SMILES string of the molecule is c1ccc(-c2ccc(N(c3ccc(-c4ccccc4)cc3)c3ccc(-c4ccc5ccc6cc(-c7cccc8c7sc7ccc(-c9ccc(-n%10c%11ccccc%11c%11cc(-c%12ccc%13c(c%12)c%12ccccc%12n%13-c%12ccccc%12)ccc%11%10)cc9)cc78)ccc6c5c4)cc3)cc2)cc1. The monoisotopic (exact) mass is 1240 g/mol. The van der Waals surface area contributed by atoms with Crippen molar-refractivity contribution in [1.82, 2.24) is 9.13 Å². The Labute approximate surface area is 560 Å². The second kappa shape index (κ2) is 22.7. The number of para-hydroxylation sites is 3. The summed E-state index contributed by atoms with van der Waals surface area (Å²) in [5.41, 5.74) is 24.9. The zero-order valence-electron chi connectivity index (χ0n) is 52.3. The summed E-state index contributed by atoms with van der Waals surface area (Å²) in [5, 5.41) is 12.5. The molecule has 0 aliphatic heterocycles. The topological polar surface area (TPSA) is 13.1 Å².